The minimum absolute atomic E-state index is 0.140. The lowest BCUT2D eigenvalue weighted by Gasteiger charge is -1.92. The Balaban J connectivity index is 2.29. The average molecular weight is 278 g/mol. The van der Waals surface area contributed by atoms with Gasteiger partial charge in [0.05, 0.1) is 28.8 Å². The summed E-state index contributed by atoms with van der Waals surface area (Å²) in [6, 6.07) is 2.07. The third-order valence-corrected chi connectivity index (χ3v) is 4.04. The van der Waals surface area contributed by atoms with Crippen molar-refractivity contribution in [3.63, 3.8) is 0 Å². The molecule has 0 saturated carbocycles. The molecule has 0 aliphatic carbocycles. The Kier molecular flexibility index (Phi) is 3.69. The lowest BCUT2D eigenvalue weighted by atomic mass is 10.3. The fourth-order valence-corrected chi connectivity index (χ4v) is 3.17. The second-order valence-corrected chi connectivity index (χ2v) is 5.52. The SMILES string of the molecule is CC(=O)Nc1nc(C)c(-c2csc(CC#N)n2)s1. The molecule has 0 spiro atoms. The van der Waals surface area contributed by atoms with Crippen LogP contribution in [-0.4, -0.2) is 15.9 Å². The van der Waals surface area contributed by atoms with Gasteiger partial charge < -0.3 is 5.32 Å². The van der Waals surface area contributed by atoms with Crippen LogP contribution in [0.2, 0.25) is 0 Å². The summed E-state index contributed by atoms with van der Waals surface area (Å²) >= 11 is 2.85. The summed E-state index contributed by atoms with van der Waals surface area (Å²) in [5.74, 6) is -0.140. The minimum Gasteiger partial charge on any atom is -0.302 e. The molecular formula is C11H10N4OS2. The first kappa shape index (κ1) is 12.7. The van der Waals surface area contributed by atoms with Crippen LogP contribution in [0, 0.1) is 18.3 Å². The molecule has 0 bridgehead atoms. The van der Waals surface area contributed by atoms with Gasteiger partial charge in [0.25, 0.3) is 0 Å². The Bertz CT molecular complexity index is 623. The second kappa shape index (κ2) is 5.25. The maximum Gasteiger partial charge on any atom is 0.223 e. The van der Waals surface area contributed by atoms with Crippen molar-refractivity contribution in [2.45, 2.75) is 20.3 Å². The van der Waals surface area contributed by atoms with Gasteiger partial charge in [-0.2, -0.15) is 5.26 Å². The third kappa shape index (κ3) is 2.72. The molecule has 2 heterocycles. The van der Waals surface area contributed by atoms with Crippen molar-refractivity contribution in [2.24, 2.45) is 0 Å². The van der Waals surface area contributed by atoms with E-state index in [-0.39, 0.29) is 5.91 Å². The van der Waals surface area contributed by atoms with E-state index in [4.69, 9.17) is 5.26 Å². The molecule has 1 amide bonds. The number of aryl methyl sites for hydroxylation is 1. The van der Waals surface area contributed by atoms with E-state index in [1.807, 2.05) is 12.3 Å². The Morgan fingerprint density at radius 1 is 1.56 bits per heavy atom. The fourth-order valence-electron chi connectivity index (χ4n) is 1.40. The van der Waals surface area contributed by atoms with Crippen LogP contribution in [0.25, 0.3) is 10.6 Å². The van der Waals surface area contributed by atoms with Crippen LogP contribution >= 0.6 is 22.7 Å². The summed E-state index contributed by atoms with van der Waals surface area (Å²) in [4.78, 5) is 20.5. The molecule has 0 fully saturated rings. The van der Waals surface area contributed by atoms with Crippen LogP contribution in [0.1, 0.15) is 17.6 Å². The van der Waals surface area contributed by atoms with E-state index >= 15 is 0 Å². The number of nitriles is 1. The normalized spacial score (nSPS) is 10.1. The van der Waals surface area contributed by atoms with Crippen molar-refractivity contribution in [1.29, 1.82) is 5.26 Å². The lowest BCUT2D eigenvalue weighted by molar-refractivity contribution is -0.114. The summed E-state index contributed by atoms with van der Waals surface area (Å²) in [7, 11) is 0. The van der Waals surface area contributed by atoms with Crippen molar-refractivity contribution >= 4 is 33.7 Å². The van der Waals surface area contributed by atoms with Crippen LogP contribution in [0.15, 0.2) is 5.38 Å². The smallest absolute Gasteiger partial charge is 0.223 e. The number of anilines is 1. The van der Waals surface area contributed by atoms with E-state index in [2.05, 4.69) is 21.4 Å². The maximum atomic E-state index is 11.0. The van der Waals surface area contributed by atoms with Gasteiger partial charge in [-0.1, -0.05) is 11.3 Å². The summed E-state index contributed by atoms with van der Waals surface area (Å²) in [6.45, 7) is 3.32. The summed E-state index contributed by atoms with van der Waals surface area (Å²) < 4.78 is 0. The molecule has 0 saturated heterocycles. The number of hydrogen-bond acceptors (Lipinski definition) is 6. The number of carbonyl (C=O) groups excluding carboxylic acids is 1. The molecule has 92 valence electrons. The van der Waals surface area contributed by atoms with Gasteiger partial charge in [0.2, 0.25) is 5.91 Å². The Labute approximate surface area is 112 Å². The molecule has 1 N–H and O–H groups in total. The zero-order valence-corrected chi connectivity index (χ0v) is 11.5. The van der Waals surface area contributed by atoms with E-state index in [1.54, 1.807) is 0 Å². The number of amides is 1. The molecule has 18 heavy (non-hydrogen) atoms. The quantitative estimate of drug-likeness (QED) is 0.936. The van der Waals surface area contributed by atoms with E-state index in [0.717, 1.165) is 21.3 Å². The highest BCUT2D eigenvalue weighted by molar-refractivity contribution is 7.19. The molecule has 0 radical (unpaired) electrons. The third-order valence-electron chi connectivity index (χ3n) is 2.09. The summed E-state index contributed by atoms with van der Waals surface area (Å²) in [6.07, 6.45) is 0.321. The van der Waals surface area contributed by atoms with Crippen molar-refractivity contribution in [2.75, 3.05) is 5.32 Å². The van der Waals surface area contributed by atoms with Crippen LogP contribution < -0.4 is 5.32 Å². The zero-order valence-electron chi connectivity index (χ0n) is 9.85. The number of carbonyl (C=O) groups is 1. The number of nitrogens with one attached hydrogen (secondary N) is 1. The highest BCUT2D eigenvalue weighted by Crippen LogP contribution is 2.33. The Morgan fingerprint density at radius 3 is 3.00 bits per heavy atom. The van der Waals surface area contributed by atoms with E-state index in [9.17, 15) is 4.79 Å². The van der Waals surface area contributed by atoms with Crippen LogP contribution in [-0.2, 0) is 11.2 Å². The topological polar surface area (TPSA) is 78.7 Å². The molecule has 2 rings (SSSR count). The van der Waals surface area contributed by atoms with Gasteiger partial charge in [-0.05, 0) is 6.92 Å². The molecule has 5 nitrogen and oxygen atoms in total. The van der Waals surface area contributed by atoms with Gasteiger partial charge in [-0.15, -0.1) is 11.3 Å². The molecule has 2 aromatic rings. The van der Waals surface area contributed by atoms with Crippen molar-refractivity contribution in [3.8, 4) is 16.6 Å². The zero-order chi connectivity index (χ0) is 13.1. The van der Waals surface area contributed by atoms with Gasteiger partial charge in [0, 0.05) is 12.3 Å². The second-order valence-electron chi connectivity index (χ2n) is 3.58. The van der Waals surface area contributed by atoms with Gasteiger partial charge in [0.1, 0.15) is 5.01 Å². The first-order valence-electron chi connectivity index (χ1n) is 5.17. The van der Waals surface area contributed by atoms with Crippen molar-refractivity contribution < 1.29 is 4.79 Å². The number of rotatable bonds is 3. The molecule has 0 atom stereocenters. The van der Waals surface area contributed by atoms with Gasteiger partial charge in [-0.3, -0.25) is 4.79 Å². The molecule has 0 unspecified atom stereocenters. The Hall–Kier alpha value is -1.78. The molecule has 0 aromatic carbocycles. The first-order chi connectivity index (χ1) is 8.60. The molecule has 2 aromatic heterocycles. The van der Waals surface area contributed by atoms with Crippen molar-refractivity contribution in [1.82, 2.24) is 9.97 Å². The van der Waals surface area contributed by atoms with E-state index in [1.165, 1.54) is 29.6 Å². The van der Waals surface area contributed by atoms with Gasteiger partial charge >= 0.3 is 0 Å². The van der Waals surface area contributed by atoms with Crippen LogP contribution in [0.4, 0.5) is 5.13 Å². The average Bonchev–Trinajstić information content (AvgIpc) is 2.85. The monoisotopic (exact) mass is 278 g/mol. The van der Waals surface area contributed by atoms with Gasteiger partial charge in [-0.25, -0.2) is 9.97 Å². The number of hydrogen-bond donors (Lipinski definition) is 1. The number of nitrogens with zero attached hydrogens (tertiary/aromatic N) is 3. The molecule has 7 heteroatoms. The predicted octanol–water partition coefficient (Wildman–Crippen LogP) is 2.60. The number of thiazole rings is 2. The standard InChI is InChI=1S/C11H10N4OS2/c1-6-10(18-11(13-6)14-7(2)16)8-5-17-9(15-8)3-4-12/h5H,3H2,1-2H3,(H,13,14,16). The minimum atomic E-state index is -0.140. The highest BCUT2D eigenvalue weighted by atomic mass is 32.1. The fraction of sp³-hybridized carbons (Fsp3) is 0.273. The number of aromatic nitrogens is 2. The first-order valence-corrected chi connectivity index (χ1v) is 6.86. The van der Waals surface area contributed by atoms with E-state index in [0.29, 0.717) is 11.6 Å². The molecule has 0 aliphatic heterocycles. The maximum absolute atomic E-state index is 11.0. The highest BCUT2D eigenvalue weighted by Gasteiger charge is 2.13. The Morgan fingerprint density at radius 2 is 2.33 bits per heavy atom. The molecule has 0 aliphatic rings. The van der Waals surface area contributed by atoms with Crippen LogP contribution in [0.5, 0.6) is 0 Å². The molecular weight excluding hydrogens is 268 g/mol. The summed E-state index contributed by atoms with van der Waals surface area (Å²) in [5.41, 5.74) is 1.65. The lowest BCUT2D eigenvalue weighted by Crippen LogP contribution is -2.04. The van der Waals surface area contributed by atoms with Gasteiger partial charge in [0.15, 0.2) is 5.13 Å². The predicted molar refractivity (Wildman–Crippen MR) is 71.6 cm³/mol. The largest absolute Gasteiger partial charge is 0.302 e. The summed E-state index contributed by atoms with van der Waals surface area (Å²) in [5, 5.41) is 14.6. The van der Waals surface area contributed by atoms with Crippen LogP contribution in [0.3, 0.4) is 0 Å². The van der Waals surface area contributed by atoms with Crippen molar-refractivity contribution in [3.05, 3.63) is 16.1 Å². The van der Waals surface area contributed by atoms with E-state index < -0.39 is 0 Å².